The predicted molar refractivity (Wildman–Crippen MR) is 188 cm³/mol. The van der Waals surface area contributed by atoms with Gasteiger partial charge in [0.2, 0.25) is 0 Å². The summed E-state index contributed by atoms with van der Waals surface area (Å²) in [6, 6.07) is 26.6. The van der Waals surface area contributed by atoms with E-state index in [1.807, 2.05) is 0 Å². The summed E-state index contributed by atoms with van der Waals surface area (Å²) in [6.45, 7) is 0. The third-order valence-electron chi connectivity index (χ3n) is 10.5. The van der Waals surface area contributed by atoms with E-state index < -0.39 is 30.0 Å². The van der Waals surface area contributed by atoms with Crippen LogP contribution in [0.1, 0.15) is 80.0 Å². The number of phenols is 8. The molecule has 0 radical (unpaired) electrons. The molecule has 2 heterocycles. The summed E-state index contributed by atoms with van der Waals surface area (Å²) in [7, 11) is 0. The van der Waals surface area contributed by atoms with Gasteiger partial charge in [0.15, 0.2) is 0 Å². The zero-order valence-corrected chi connectivity index (χ0v) is 27.3. The minimum absolute atomic E-state index is 0.0148. The van der Waals surface area contributed by atoms with Gasteiger partial charge in [-0.15, -0.1) is 0 Å². The highest BCUT2D eigenvalue weighted by molar-refractivity contribution is 5.70. The molecule has 3 aliphatic rings. The van der Waals surface area contributed by atoms with Crippen LogP contribution in [0.4, 0.5) is 0 Å². The quantitative estimate of drug-likeness (QED) is 0.0917. The maximum Gasteiger partial charge on any atom is 0.135 e. The largest absolute Gasteiger partial charge is 0.508 e. The van der Waals surface area contributed by atoms with E-state index in [2.05, 4.69) is 0 Å². The third-order valence-corrected chi connectivity index (χ3v) is 10.5. The summed E-state index contributed by atoms with van der Waals surface area (Å²) in [5.41, 5.74) is 5.50. The molecule has 0 saturated carbocycles. The van der Waals surface area contributed by atoms with Gasteiger partial charge in [-0.25, -0.2) is 0 Å². The highest BCUT2D eigenvalue weighted by atomic mass is 16.5. The molecule has 5 atom stereocenters. The Morgan fingerprint density at radius 2 is 1.02 bits per heavy atom. The van der Waals surface area contributed by atoms with E-state index in [0.29, 0.717) is 44.9 Å². The molecule has 0 spiro atoms. The van der Waals surface area contributed by atoms with Crippen molar-refractivity contribution in [1.29, 1.82) is 0 Å². The van der Waals surface area contributed by atoms with Gasteiger partial charge in [-0.05, 0) is 88.8 Å². The SMILES string of the molecule is Oc1ccc([C@H]2Oc3c4c(cc(O)c3[C@@H]2c2cc(O)cc(O)c2)[C@H]2c3c(cc(O)cc3O[C@@H]2c2ccc(O)cc2)C[C@H]4c2ccc(O)cc2O)cc1. The Bertz CT molecular complexity index is 2380. The van der Waals surface area contributed by atoms with Crippen LogP contribution in [0, 0.1) is 0 Å². The van der Waals surface area contributed by atoms with Crippen LogP contribution in [0.2, 0.25) is 0 Å². The second kappa shape index (κ2) is 11.4. The van der Waals surface area contributed by atoms with E-state index in [-0.39, 0.29) is 52.4 Å². The van der Waals surface area contributed by atoms with Gasteiger partial charge >= 0.3 is 0 Å². The summed E-state index contributed by atoms with van der Waals surface area (Å²) >= 11 is 0. The number of hydrogen-bond donors (Lipinski definition) is 8. The molecule has 8 N–H and O–H groups in total. The van der Waals surface area contributed by atoms with Gasteiger partial charge in [0.25, 0.3) is 0 Å². The third kappa shape index (κ3) is 4.86. The molecule has 0 saturated heterocycles. The number of rotatable bonds is 4. The lowest BCUT2D eigenvalue weighted by Crippen LogP contribution is -2.14. The fourth-order valence-electron chi connectivity index (χ4n) is 8.45. The Labute approximate surface area is 296 Å². The summed E-state index contributed by atoms with van der Waals surface area (Å²) in [4.78, 5) is 0. The highest BCUT2D eigenvalue weighted by Crippen LogP contribution is 2.63. The lowest BCUT2D eigenvalue weighted by molar-refractivity contribution is 0.216. The van der Waals surface area contributed by atoms with Gasteiger partial charge in [-0.3, -0.25) is 0 Å². The number of phenolic OH excluding ortho intramolecular Hbond substituents is 8. The van der Waals surface area contributed by atoms with E-state index in [1.165, 1.54) is 42.5 Å². The van der Waals surface area contributed by atoms with Crippen molar-refractivity contribution in [3.8, 4) is 57.5 Å². The fraction of sp³-hybridized carbons (Fsp3) is 0.143. The molecule has 0 bridgehead atoms. The lowest BCUT2D eigenvalue weighted by Gasteiger charge is -2.27. The number of aromatic hydroxyl groups is 8. The van der Waals surface area contributed by atoms with E-state index in [0.717, 1.165) is 16.7 Å². The maximum absolute atomic E-state index is 12.2. The molecule has 0 unspecified atom stereocenters. The Morgan fingerprint density at radius 1 is 0.423 bits per heavy atom. The Morgan fingerprint density at radius 3 is 1.65 bits per heavy atom. The fourth-order valence-corrected chi connectivity index (χ4v) is 8.45. The van der Waals surface area contributed by atoms with Crippen molar-refractivity contribution in [2.75, 3.05) is 0 Å². The average Bonchev–Trinajstić information content (AvgIpc) is 3.64. The van der Waals surface area contributed by atoms with Crippen molar-refractivity contribution in [3.63, 3.8) is 0 Å². The van der Waals surface area contributed by atoms with Crippen molar-refractivity contribution in [2.45, 2.75) is 36.4 Å². The smallest absolute Gasteiger partial charge is 0.135 e. The molecule has 0 amide bonds. The highest BCUT2D eigenvalue weighted by Gasteiger charge is 2.49. The molecule has 260 valence electrons. The van der Waals surface area contributed by atoms with Gasteiger partial charge in [-0.1, -0.05) is 30.3 Å². The second-order valence-electron chi connectivity index (χ2n) is 13.7. The number of fused-ring (bicyclic) bond motifs is 4. The van der Waals surface area contributed by atoms with Crippen molar-refractivity contribution >= 4 is 0 Å². The first-order valence-electron chi connectivity index (χ1n) is 16.8. The molecule has 2 aliphatic heterocycles. The van der Waals surface area contributed by atoms with Crippen LogP contribution in [0.5, 0.6) is 57.5 Å². The molecule has 0 aromatic heterocycles. The maximum atomic E-state index is 12.2. The minimum Gasteiger partial charge on any atom is -0.508 e. The summed E-state index contributed by atoms with van der Waals surface area (Å²) in [5.74, 6) is -1.83. The minimum atomic E-state index is -0.804. The molecule has 1 aliphatic carbocycles. The molecule has 9 rings (SSSR count). The van der Waals surface area contributed by atoms with Gasteiger partial charge in [0, 0.05) is 46.4 Å². The number of benzene rings is 6. The van der Waals surface area contributed by atoms with Crippen LogP contribution in [-0.2, 0) is 6.42 Å². The van der Waals surface area contributed by atoms with Crippen LogP contribution >= 0.6 is 0 Å². The van der Waals surface area contributed by atoms with Crippen molar-refractivity contribution in [2.24, 2.45) is 0 Å². The first-order valence-corrected chi connectivity index (χ1v) is 16.8. The molecule has 0 fully saturated rings. The molecule has 10 heteroatoms. The molecule has 6 aromatic rings. The summed E-state index contributed by atoms with van der Waals surface area (Å²) in [5, 5.41) is 86.2. The zero-order valence-electron chi connectivity index (χ0n) is 27.3. The van der Waals surface area contributed by atoms with Gasteiger partial charge in [-0.2, -0.15) is 0 Å². The Balaban J connectivity index is 1.36. The van der Waals surface area contributed by atoms with Crippen molar-refractivity contribution in [3.05, 3.63) is 153 Å². The number of ether oxygens (including phenoxy) is 2. The van der Waals surface area contributed by atoms with E-state index >= 15 is 0 Å². The number of hydrogen-bond acceptors (Lipinski definition) is 10. The average molecular weight is 697 g/mol. The van der Waals surface area contributed by atoms with Crippen molar-refractivity contribution in [1.82, 2.24) is 0 Å². The van der Waals surface area contributed by atoms with Gasteiger partial charge < -0.3 is 50.3 Å². The van der Waals surface area contributed by atoms with Gasteiger partial charge in [0.1, 0.15) is 69.7 Å². The van der Waals surface area contributed by atoms with E-state index in [4.69, 9.17) is 9.47 Å². The van der Waals surface area contributed by atoms with Crippen LogP contribution < -0.4 is 9.47 Å². The topological polar surface area (TPSA) is 180 Å². The zero-order chi connectivity index (χ0) is 36.0. The van der Waals surface area contributed by atoms with Crippen molar-refractivity contribution < 1.29 is 50.3 Å². The second-order valence-corrected chi connectivity index (χ2v) is 13.7. The van der Waals surface area contributed by atoms with E-state index in [9.17, 15) is 40.9 Å². The Hall–Kier alpha value is -6.68. The molecule has 10 nitrogen and oxygen atoms in total. The first-order chi connectivity index (χ1) is 25.0. The van der Waals surface area contributed by atoms with Gasteiger partial charge in [0.05, 0.1) is 11.8 Å². The normalized spacial score (nSPS) is 21.0. The standard InChI is InChI=1S/C42H32O10/c43-23-5-1-19(2-6-23)40-36(21-11-26(46)15-27(47)12-21)39-33(50)18-31-37(42(39)52-40)30(29-10-9-25(45)16-32(29)49)14-22-13-28(48)17-34-35(22)38(31)41(51-34)20-3-7-24(44)8-4-20/h1-13,15-18,30,36,38,40-41,43-50H,14H2/t30-,36-,38-,40+,41+/m0/s1. The Kier molecular flexibility index (Phi) is 6.88. The lowest BCUT2D eigenvalue weighted by atomic mass is 9.77. The van der Waals surface area contributed by atoms with Crippen LogP contribution in [0.3, 0.4) is 0 Å². The first kappa shape index (κ1) is 31.3. The van der Waals surface area contributed by atoms with E-state index in [1.54, 1.807) is 60.7 Å². The monoisotopic (exact) mass is 696 g/mol. The van der Waals surface area contributed by atoms with Crippen LogP contribution in [-0.4, -0.2) is 40.9 Å². The molecular weight excluding hydrogens is 664 g/mol. The molecular formula is C42H32O10. The summed E-state index contributed by atoms with van der Waals surface area (Å²) < 4.78 is 13.5. The summed E-state index contributed by atoms with van der Waals surface area (Å²) in [6.07, 6.45) is -1.21. The van der Waals surface area contributed by atoms with Crippen LogP contribution in [0.15, 0.2) is 103 Å². The molecule has 52 heavy (non-hydrogen) atoms. The molecule has 6 aromatic carbocycles. The predicted octanol–water partition coefficient (Wildman–Crippen LogP) is 7.55. The van der Waals surface area contributed by atoms with Crippen LogP contribution in [0.25, 0.3) is 0 Å².